The normalized spacial score (nSPS) is 15.6. The van der Waals surface area contributed by atoms with Crippen molar-refractivity contribution in [1.29, 1.82) is 0 Å². The Balaban J connectivity index is 1.33. The van der Waals surface area contributed by atoms with Crippen LogP contribution in [0.25, 0.3) is 5.65 Å². The van der Waals surface area contributed by atoms with Gasteiger partial charge in [-0.25, -0.2) is 0 Å². The molecule has 4 heterocycles. The Bertz CT molecular complexity index is 880. The molecule has 1 aliphatic heterocycles. The number of rotatable bonds is 4. The van der Waals surface area contributed by atoms with Crippen molar-refractivity contribution < 1.29 is 4.79 Å². The van der Waals surface area contributed by atoms with Gasteiger partial charge in [-0.1, -0.05) is 0 Å². The highest BCUT2D eigenvalue weighted by molar-refractivity contribution is 7.10. The Morgan fingerprint density at radius 2 is 2.16 bits per heavy atom. The number of nitrogens with one attached hydrogen (secondary N) is 1. The molecule has 0 spiro atoms. The summed E-state index contributed by atoms with van der Waals surface area (Å²) in [4.78, 5) is 15.9. The van der Waals surface area contributed by atoms with Gasteiger partial charge in [-0.15, -0.1) is 26.6 Å². The molecule has 25 heavy (non-hydrogen) atoms. The predicted octanol–water partition coefficient (Wildman–Crippen LogP) is 2.03. The fraction of sp³-hybridized carbons (Fsp3) is 0.412. The van der Waals surface area contributed by atoms with Crippen LogP contribution in [0, 0.1) is 12.8 Å². The van der Waals surface area contributed by atoms with Crippen LogP contribution in [0.2, 0.25) is 0 Å². The van der Waals surface area contributed by atoms with Crippen LogP contribution in [-0.2, 0) is 11.3 Å². The average molecular weight is 356 g/mol. The van der Waals surface area contributed by atoms with Gasteiger partial charge < -0.3 is 10.2 Å². The minimum Gasteiger partial charge on any atom is -0.355 e. The summed E-state index contributed by atoms with van der Waals surface area (Å²) in [5.74, 6) is 1.14. The van der Waals surface area contributed by atoms with E-state index >= 15 is 0 Å². The quantitative estimate of drug-likeness (QED) is 0.774. The van der Waals surface area contributed by atoms with Crippen LogP contribution >= 0.6 is 11.3 Å². The van der Waals surface area contributed by atoms with Crippen LogP contribution in [0.5, 0.6) is 0 Å². The molecule has 0 atom stereocenters. The van der Waals surface area contributed by atoms with Crippen molar-refractivity contribution in [1.82, 2.24) is 25.1 Å². The van der Waals surface area contributed by atoms with Crippen molar-refractivity contribution in [3.63, 3.8) is 0 Å². The first-order chi connectivity index (χ1) is 12.2. The van der Waals surface area contributed by atoms with Crippen LogP contribution < -0.4 is 10.2 Å². The minimum atomic E-state index is 0.0789. The molecule has 1 amide bonds. The lowest BCUT2D eigenvalue weighted by atomic mass is 9.96. The molecule has 1 saturated heterocycles. The number of piperidine rings is 1. The van der Waals surface area contributed by atoms with Gasteiger partial charge in [-0.05, 0) is 48.9 Å². The maximum absolute atomic E-state index is 12.4. The monoisotopic (exact) mass is 356 g/mol. The van der Waals surface area contributed by atoms with Crippen molar-refractivity contribution in [2.75, 3.05) is 18.0 Å². The topological polar surface area (TPSA) is 75.4 Å². The Morgan fingerprint density at radius 1 is 1.32 bits per heavy atom. The summed E-state index contributed by atoms with van der Waals surface area (Å²) in [6, 6.07) is 5.96. The molecule has 1 fully saturated rings. The molecule has 1 aliphatic rings. The highest BCUT2D eigenvalue weighted by atomic mass is 32.1. The molecule has 4 rings (SSSR count). The van der Waals surface area contributed by atoms with E-state index in [9.17, 15) is 4.79 Å². The Kier molecular flexibility index (Phi) is 4.35. The standard InChI is InChI=1S/C17H20N6OS/c1-12-6-9-25-14(12)10-18-17(24)13-4-7-22(8-5-13)16-3-2-15-20-19-11-23(15)21-16/h2-3,6,9,11,13H,4-5,7-8,10H2,1H3,(H,18,24). The van der Waals surface area contributed by atoms with E-state index in [1.165, 1.54) is 10.4 Å². The molecule has 0 saturated carbocycles. The summed E-state index contributed by atoms with van der Waals surface area (Å²) in [5.41, 5.74) is 1.98. The number of aromatic nitrogens is 4. The van der Waals surface area contributed by atoms with Crippen molar-refractivity contribution in [2.45, 2.75) is 26.3 Å². The second-order valence-electron chi connectivity index (χ2n) is 6.33. The Hall–Kier alpha value is -2.48. The summed E-state index contributed by atoms with van der Waals surface area (Å²) in [5, 5.41) is 17.5. The fourth-order valence-electron chi connectivity index (χ4n) is 3.15. The molecule has 0 unspecified atom stereocenters. The number of aryl methyl sites for hydroxylation is 1. The van der Waals surface area contributed by atoms with Crippen LogP contribution in [0.3, 0.4) is 0 Å². The molecule has 3 aromatic heterocycles. The molecule has 3 aromatic rings. The molecule has 130 valence electrons. The lowest BCUT2D eigenvalue weighted by Gasteiger charge is -2.32. The van der Waals surface area contributed by atoms with Crippen molar-refractivity contribution in [2.24, 2.45) is 5.92 Å². The number of anilines is 1. The van der Waals surface area contributed by atoms with E-state index < -0.39 is 0 Å². The zero-order valence-corrected chi connectivity index (χ0v) is 14.9. The first-order valence-electron chi connectivity index (χ1n) is 8.43. The third-order valence-corrected chi connectivity index (χ3v) is 5.75. The molecule has 0 radical (unpaired) electrons. The van der Waals surface area contributed by atoms with E-state index in [2.05, 4.69) is 43.9 Å². The van der Waals surface area contributed by atoms with Gasteiger partial charge in [0.2, 0.25) is 5.91 Å². The van der Waals surface area contributed by atoms with Gasteiger partial charge in [0.25, 0.3) is 0 Å². The number of hydrogen-bond donors (Lipinski definition) is 1. The summed E-state index contributed by atoms with van der Waals surface area (Å²) in [6.45, 7) is 4.37. The maximum Gasteiger partial charge on any atom is 0.223 e. The molecule has 1 N–H and O–H groups in total. The lowest BCUT2D eigenvalue weighted by molar-refractivity contribution is -0.125. The van der Waals surface area contributed by atoms with Crippen LogP contribution in [0.1, 0.15) is 23.3 Å². The summed E-state index contributed by atoms with van der Waals surface area (Å²) in [7, 11) is 0. The average Bonchev–Trinajstić information content (AvgIpc) is 3.27. The second kappa shape index (κ2) is 6.79. The van der Waals surface area contributed by atoms with Gasteiger partial charge in [0.1, 0.15) is 12.1 Å². The SMILES string of the molecule is Cc1ccsc1CNC(=O)C1CCN(c2ccc3nncn3n2)CC1. The molecule has 0 bridgehead atoms. The number of amides is 1. The fourth-order valence-corrected chi connectivity index (χ4v) is 4.00. The summed E-state index contributed by atoms with van der Waals surface area (Å²) < 4.78 is 1.68. The number of carbonyl (C=O) groups excluding carboxylic acids is 1. The van der Waals surface area contributed by atoms with E-state index in [0.29, 0.717) is 6.54 Å². The number of hydrogen-bond acceptors (Lipinski definition) is 6. The van der Waals surface area contributed by atoms with Gasteiger partial charge in [-0.2, -0.15) is 4.52 Å². The minimum absolute atomic E-state index is 0.0789. The van der Waals surface area contributed by atoms with Gasteiger partial charge in [0, 0.05) is 23.9 Å². The van der Waals surface area contributed by atoms with E-state index in [0.717, 1.165) is 37.4 Å². The van der Waals surface area contributed by atoms with Crippen molar-refractivity contribution in [3.05, 3.63) is 40.3 Å². The third kappa shape index (κ3) is 3.34. The first kappa shape index (κ1) is 16.0. The third-order valence-electron chi connectivity index (χ3n) is 4.73. The van der Waals surface area contributed by atoms with E-state index in [1.54, 1.807) is 22.2 Å². The van der Waals surface area contributed by atoms with Crippen molar-refractivity contribution in [3.8, 4) is 0 Å². The van der Waals surface area contributed by atoms with E-state index in [1.807, 2.05) is 12.1 Å². The first-order valence-corrected chi connectivity index (χ1v) is 9.31. The highest BCUT2D eigenvalue weighted by Gasteiger charge is 2.25. The summed E-state index contributed by atoms with van der Waals surface area (Å²) >= 11 is 1.69. The predicted molar refractivity (Wildman–Crippen MR) is 96.6 cm³/mol. The maximum atomic E-state index is 12.4. The number of fused-ring (bicyclic) bond motifs is 1. The molecule has 0 aliphatic carbocycles. The zero-order valence-electron chi connectivity index (χ0n) is 14.1. The molecule has 7 nitrogen and oxygen atoms in total. The molecular formula is C17H20N6OS. The van der Waals surface area contributed by atoms with Gasteiger partial charge >= 0.3 is 0 Å². The van der Waals surface area contributed by atoms with Crippen LogP contribution in [-0.4, -0.2) is 38.8 Å². The van der Waals surface area contributed by atoms with Gasteiger partial charge in [-0.3, -0.25) is 4.79 Å². The Morgan fingerprint density at radius 3 is 2.92 bits per heavy atom. The Labute approximate surface area is 149 Å². The van der Waals surface area contributed by atoms with Crippen LogP contribution in [0.15, 0.2) is 29.9 Å². The van der Waals surface area contributed by atoms with Gasteiger partial charge in [0.05, 0.1) is 6.54 Å². The molecular weight excluding hydrogens is 336 g/mol. The van der Waals surface area contributed by atoms with Gasteiger partial charge in [0.15, 0.2) is 5.65 Å². The summed E-state index contributed by atoms with van der Waals surface area (Å²) in [6.07, 6.45) is 3.29. The zero-order chi connectivity index (χ0) is 17.2. The van der Waals surface area contributed by atoms with Crippen molar-refractivity contribution >= 4 is 28.7 Å². The smallest absolute Gasteiger partial charge is 0.223 e. The molecule has 0 aromatic carbocycles. The highest BCUT2D eigenvalue weighted by Crippen LogP contribution is 2.22. The lowest BCUT2D eigenvalue weighted by Crippen LogP contribution is -2.40. The molecule has 8 heteroatoms. The van der Waals surface area contributed by atoms with Crippen LogP contribution in [0.4, 0.5) is 5.82 Å². The number of thiophene rings is 1. The van der Waals surface area contributed by atoms with E-state index in [4.69, 9.17) is 0 Å². The second-order valence-corrected chi connectivity index (χ2v) is 7.33. The van der Waals surface area contributed by atoms with E-state index in [-0.39, 0.29) is 11.8 Å². The number of nitrogens with zero attached hydrogens (tertiary/aromatic N) is 5. The largest absolute Gasteiger partial charge is 0.355 e. The number of carbonyl (C=O) groups is 1.